The molecule has 140 valence electrons. The van der Waals surface area contributed by atoms with Crippen LogP contribution in [0, 0.1) is 0 Å². The summed E-state index contributed by atoms with van der Waals surface area (Å²) in [5, 5.41) is 4.03. The molecular formula is C18H20N6O2S. The average Bonchev–Trinajstić information content (AvgIpc) is 3.17. The predicted octanol–water partition coefficient (Wildman–Crippen LogP) is 1.07. The van der Waals surface area contributed by atoms with E-state index in [2.05, 4.69) is 19.5 Å². The van der Waals surface area contributed by atoms with Gasteiger partial charge in [0, 0.05) is 45.0 Å². The van der Waals surface area contributed by atoms with Gasteiger partial charge in [-0.2, -0.15) is 0 Å². The predicted molar refractivity (Wildman–Crippen MR) is 102 cm³/mol. The maximum Gasteiger partial charge on any atom is 0.267 e. The lowest BCUT2D eigenvalue weighted by atomic mass is 10.2. The van der Waals surface area contributed by atoms with Crippen molar-refractivity contribution in [3.8, 4) is 0 Å². The van der Waals surface area contributed by atoms with Gasteiger partial charge >= 0.3 is 0 Å². The summed E-state index contributed by atoms with van der Waals surface area (Å²) in [4.78, 5) is 34.2. The molecule has 0 radical (unpaired) electrons. The molecule has 0 atom stereocenters. The van der Waals surface area contributed by atoms with Gasteiger partial charge in [0.25, 0.3) is 11.5 Å². The van der Waals surface area contributed by atoms with Crippen molar-refractivity contribution in [2.45, 2.75) is 19.9 Å². The van der Waals surface area contributed by atoms with Crippen LogP contribution in [0.3, 0.4) is 0 Å². The van der Waals surface area contributed by atoms with Gasteiger partial charge in [-0.15, -0.1) is 5.10 Å². The van der Waals surface area contributed by atoms with Crippen LogP contribution in [0.15, 0.2) is 35.3 Å². The number of aryl methyl sites for hydroxylation is 1. The minimum Gasteiger partial charge on any atom is -0.335 e. The first-order valence-corrected chi connectivity index (χ1v) is 9.73. The third kappa shape index (κ3) is 3.60. The summed E-state index contributed by atoms with van der Waals surface area (Å²) in [6, 6.07) is 7.10. The lowest BCUT2D eigenvalue weighted by Crippen LogP contribution is -2.48. The zero-order valence-corrected chi connectivity index (χ0v) is 15.9. The lowest BCUT2D eigenvalue weighted by molar-refractivity contribution is 0.0630. The van der Waals surface area contributed by atoms with Crippen molar-refractivity contribution in [3.05, 3.63) is 57.1 Å². The highest BCUT2D eigenvalue weighted by Gasteiger charge is 2.25. The Bertz CT molecular complexity index is 1020. The number of piperazine rings is 1. The number of fused-ring (bicyclic) bond motifs is 1. The largest absolute Gasteiger partial charge is 0.335 e. The van der Waals surface area contributed by atoms with E-state index in [4.69, 9.17) is 0 Å². The van der Waals surface area contributed by atoms with Crippen molar-refractivity contribution in [1.29, 1.82) is 0 Å². The average molecular weight is 384 g/mol. The topological polar surface area (TPSA) is 83.7 Å². The molecule has 1 fully saturated rings. The molecule has 1 saturated heterocycles. The standard InChI is InChI=1S/C18H20N6O2S/c1-2-14-17(27-21-20-14)18(26)23-9-7-22(8-10-23)12-13-11-16(25)24-6-4-3-5-15(24)19-13/h3-6,11H,2,7-10,12H2,1H3. The summed E-state index contributed by atoms with van der Waals surface area (Å²) in [6.45, 7) is 5.36. The highest BCUT2D eigenvalue weighted by atomic mass is 32.1. The van der Waals surface area contributed by atoms with Crippen LogP contribution in [0.1, 0.15) is 28.0 Å². The molecule has 0 unspecified atom stereocenters. The molecule has 8 nitrogen and oxygen atoms in total. The molecule has 0 N–H and O–H groups in total. The molecule has 0 bridgehead atoms. The fourth-order valence-electron chi connectivity index (χ4n) is 3.27. The van der Waals surface area contributed by atoms with Gasteiger partial charge in [0.15, 0.2) is 0 Å². The van der Waals surface area contributed by atoms with Gasteiger partial charge in [-0.3, -0.25) is 18.9 Å². The lowest BCUT2D eigenvalue weighted by Gasteiger charge is -2.34. The van der Waals surface area contributed by atoms with E-state index in [1.807, 2.05) is 30.0 Å². The van der Waals surface area contributed by atoms with Gasteiger partial charge in [0.2, 0.25) is 0 Å². The van der Waals surface area contributed by atoms with Crippen molar-refractivity contribution in [2.75, 3.05) is 26.2 Å². The van der Waals surface area contributed by atoms with Gasteiger partial charge in [0.1, 0.15) is 10.5 Å². The Balaban J connectivity index is 1.41. The Morgan fingerprint density at radius 2 is 2.04 bits per heavy atom. The second-order valence-corrected chi connectivity index (χ2v) is 7.24. The van der Waals surface area contributed by atoms with Gasteiger partial charge in [-0.05, 0) is 30.1 Å². The van der Waals surface area contributed by atoms with Gasteiger partial charge in [-0.1, -0.05) is 17.5 Å². The van der Waals surface area contributed by atoms with Crippen molar-refractivity contribution >= 4 is 23.1 Å². The molecule has 27 heavy (non-hydrogen) atoms. The Kier molecular flexibility index (Phi) is 4.95. The zero-order chi connectivity index (χ0) is 18.8. The first-order chi connectivity index (χ1) is 13.2. The Morgan fingerprint density at radius 1 is 1.22 bits per heavy atom. The molecule has 3 aromatic heterocycles. The molecule has 0 spiro atoms. The fraction of sp³-hybridized carbons (Fsp3) is 0.389. The van der Waals surface area contributed by atoms with E-state index in [-0.39, 0.29) is 11.5 Å². The van der Waals surface area contributed by atoms with Crippen LogP contribution >= 0.6 is 11.5 Å². The summed E-state index contributed by atoms with van der Waals surface area (Å²) >= 11 is 1.17. The van der Waals surface area contributed by atoms with E-state index in [9.17, 15) is 9.59 Å². The summed E-state index contributed by atoms with van der Waals surface area (Å²) < 4.78 is 5.44. The number of rotatable bonds is 4. The minimum atomic E-state index is -0.0748. The number of pyridine rings is 1. The van der Waals surface area contributed by atoms with Crippen molar-refractivity contribution in [3.63, 3.8) is 0 Å². The molecule has 0 aliphatic carbocycles. The molecule has 1 aliphatic rings. The van der Waals surface area contributed by atoms with Gasteiger partial charge in [-0.25, -0.2) is 4.98 Å². The van der Waals surface area contributed by atoms with Crippen molar-refractivity contribution in [1.82, 2.24) is 28.8 Å². The molecule has 0 aromatic carbocycles. The van der Waals surface area contributed by atoms with Crippen LogP contribution in [0.4, 0.5) is 0 Å². The quantitative estimate of drug-likeness (QED) is 0.669. The molecule has 9 heteroatoms. The molecule has 4 rings (SSSR count). The first-order valence-electron chi connectivity index (χ1n) is 8.96. The third-order valence-electron chi connectivity index (χ3n) is 4.75. The highest BCUT2D eigenvalue weighted by Crippen LogP contribution is 2.16. The van der Waals surface area contributed by atoms with Gasteiger partial charge in [0.05, 0.1) is 11.4 Å². The number of nitrogens with zero attached hydrogens (tertiary/aromatic N) is 6. The molecule has 0 saturated carbocycles. The maximum absolute atomic E-state index is 12.7. The molecule has 3 aromatic rings. The number of aromatic nitrogens is 4. The minimum absolute atomic E-state index is 0.0172. The van der Waals surface area contributed by atoms with Gasteiger partial charge < -0.3 is 4.90 Å². The zero-order valence-electron chi connectivity index (χ0n) is 15.0. The van der Waals surface area contributed by atoms with E-state index < -0.39 is 0 Å². The summed E-state index contributed by atoms with van der Waals surface area (Å²) in [7, 11) is 0. The normalized spacial score (nSPS) is 15.4. The number of carbonyl (C=O) groups is 1. The third-order valence-corrected chi connectivity index (χ3v) is 5.51. The Hall–Kier alpha value is -2.65. The molecular weight excluding hydrogens is 364 g/mol. The number of amides is 1. The second kappa shape index (κ2) is 7.53. The second-order valence-electron chi connectivity index (χ2n) is 6.49. The van der Waals surface area contributed by atoms with Crippen LogP contribution in [-0.2, 0) is 13.0 Å². The molecule has 1 aliphatic heterocycles. The van der Waals surface area contributed by atoms with E-state index >= 15 is 0 Å². The molecule has 4 heterocycles. The van der Waals surface area contributed by atoms with E-state index in [0.29, 0.717) is 36.6 Å². The fourth-order valence-corrected chi connectivity index (χ4v) is 3.99. The summed E-state index contributed by atoms with van der Waals surface area (Å²) in [6.07, 6.45) is 2.43. The van der Waals surface area contributed by atoms with Crippen LogP contribution in [0.25, 0.3) is 5.65 Å². The number of carbonyl (C=O) groups excluding carboxylic acids is 1. The van der Waals surface area contributed by atoms with Crippen LogP contribution < -0.4 is 5.56 Å². The van der Waals surface area contributed by atoms with Crippen molar-refractivity contribution in [2.24, 2.45) is 0 Å². The maximum atomic E-state index is 12.7. The van der Waals surface area contributed by atoms with E-state index in [1.54, 1.807) is 12.3 Å². The first kappa shape index (κ1) is 17.7. The Labute approximate surface area is 160 Å². The number of hydrogen-bond acceptors (Lipinski definition) is 7. The number of hydrogen-bond donors (Lipinski definition) is 0. The smallest absolute Gasteiger partial charge is 0.267 e. The van der Waals surface area contributed by atoms with E-state index in [1.165, 1.54) is 15.9 Å². The highest BCUT2D eigenvalue weighted by molar-refractivity contribution is 7.08. The Morgan fingerprint density at radius 3 is 2.81 bits per heavy atom. The van der Waals surface area contributed by atoms with Crippen molar-refractivity contribution < 1.29 is 4.79 Å². The summed E-state index contributed by atoms with van der Waals surface area (Å²) in [5.41, 5.74) is 2.10. The van der Waals surface area contributed by atoms with E-state index in [0.717, 1.165) is 24.5 Å². The van der Waals surface area contributed by atoms with Crippen LogP contribution in [0.5, 0.6) is 0 Å². The molecule has 1 amide bonds. The SMILES string of the molecule is CCc1nnsc1C(=O)N1CCN(Cc2cc(=O)n3ccccc3n2)CC1. The monoisotopic (exact) mass is 384 g/mol. The van der Waals surface area contributed by atoms with Crippen LogP contribution in [-0.4, -0.2) is 60.9 Å². The summed E-state index contributed by atoms with van der Waals surface area (Å²) in [5.74, 6) is 0.0172. The van der Waals surface area contributed by atoms with Crippen LogP contribution in [0.2, 0.25) is 0 Å².